The molecule has 0 heterocycles. The Balaban J connectivity index is 1.62. The number of aliphatic imine (C=N–C) groups is 1. The highest BCUT2D eigenvalue weighted by atomic mass is 19.4. The minimum atomic E-state index is -4.89. The smallest absolute Gasteiger partial charge is 0.321 e. The van der Waals surface area contributed by atoms with Crippen molar-refractivity contribution in [3.8, 4) is 0 Å². The van der Waals surface area contributed by atoms with Crippen molar-refractivity contribution in [1.29, 1.82) is 5.41 Å². The fourth-order valence-corrected chi connectivity index (χ4v) is 4.65. The molecule has 1 saturated carbocycles. The Morgan fingerprint density at radius 3 is 2.55 bits per heavy atom. The number of amides is 1. The summed E-state index contributed by atoms with van der Waals surface area (Å²) in [6, 6.07) is 18.3. The van der Waals surface area contributed by atoms with E-state index in [0.717, 1.165) is 43.2 Å². The third kappa shape index (κ3) is 8.82. The highest BCUT2D eigenvalue weighted by Gasteiger charge is 2.36. The largest absolute Gasteiger partial charge is 0.429 e. The molecule has 1 fully saturated rings. The predicted molar refractivity (Wildman–Crippen MR) is 159 cm³/mol. The average molecular weight is 581 g/mol. The summed E-state index contributed by atoms with van der Waals surface area (Å²) in [5.41, 5.74) is 1.72. The molecule has 0 aromatic heterocycles. The average Bonchev–Trinajstić information content (AvgIpc) is 3.78. The Labute approximate surface area is 244 Å². The number of carbonyl (C=O) groups is 1. The van der Waals surface area contributed by atoms with Crippen LogP contribution in [0.5, 0.6) is 0 Å². The van der Waals surface area contributed by atoms with Gasteiger partial charge in [-0.25, -0.2) is 9.38 Å². The first-order chi connectivity index (χ1) is 20.0. The second kappa shape index (κ2) is 13.9. The van der Waals surface area contributed by atoms with Crippen LogP contribution in [0.15, 0.2) is 71.7 Å². The van der Waals surface area contributed by atoms with Gasteiger partial charge in [0.2, 0.25) is 0 Å². The van der Waals surface area contributed by atoms with Crippen molar-refractivity contribution in [2.75, 3.05) is 11.9 Å². The quantitative estimate of drug-likeness (QED) is 0.141. The maximum Gasteiger partial charge on any atom is 0.429 e. The summed E-state index contributed by atoms with van der Waals surface area (Å²) in [7, 11) is 0. The Hall–Kier alpha value is -3.85. The summed E-state index contributed by atoms with van der Waals surface area (Å²) >= 11 is 0. The van der Waals surface area contributed by atoms with Gasteiger partial charge in [-0.15, -0.1) is 0 Å². The molecule has 42 heavy (non-hydrogen) atoms. The van der Waals surface area contributed by atoms with Crippen LogP contribution in [0.2, 0.25) is 0 Å². The van der Waals surface area contributed by atoms with Gasteiger partial charge in [0.15, 0.2) is 0 Å². The van der Waals surface area contributed by atoms with E-state index < -0.39 is 36.0 Å². The molecule has 222 valence electrons. The van der Waals surface area contributed by atoms with Gasteiger partial charge in [-0.1, -0.05) is 55.3 Å². The molecular formula is C33H36F4N4O. The van der Waals surface area contributed by atoms with Crippen LogP contribution in [0, 0.1) is 24.1 Å². The molecule has 0 bridgehead atoms. The number of nitrogens with one attached hydrogen (secondary N) is 3. The molecule has 1 unspecified atom stereocenters. The minimum absolute atomic E-state index is 0.326. The van der Waals surface area contributed by atoms with Crippen LogP contribution in [0.25, 0.3) is 0 Å². The number of carbonyl (C=O) groups excluding carboxylic acids is 1. The van der Waals surface area contributed by atoms with Gasteiger partial charge in [-0.05, 0) is 86.5 Å². The summed E-state index contributed by atoms with van der Waals surface area (Å²) in [5.74, 6) is -0.666. The van der Waals surface area contributed by atoms with Crippen molar-refractivity contribution in [2.24, 2.45) is 10.9 Å². The van der Waals surface area contributed by atoms with Crippen molar-refractivity contribution in [2.45, 2.75) is 64.6 Å². The van der Waals surface area contributed by atoms with Gasteiger partial charge in [0.1, 0.15) is 17.2 Å². The molecule has 1 amide bonds. The van der Waals surface area contributed by atoms with Crippen molar-refractivity contribution in [1.82, 2.24) is 5.32 Å². The van der Waals surface area contributed by atoms with Crippen molar-refractivity contribution in [3.63, 3.8) is 0 Å². The number of halogens is 4. The Kier molecular flexibility index (Phi) is 10.3. The number of hydrogen-bond acceptors (Lipinski definition) is 4. The summed E-state index contributed by atoms with van der Waals surface area (Å²) in [6.07, 6.45) is -0.930. The number of rotatable bonds is 13. The molecule has 0 radical (unpaired) electrons. The first-order valence-corrected chi connectivity index (χ1v) is 14.3. The first kappa shape index (κ1) is 31.1. The highest BCUT2D eigenvalue weighted by molar-refractivity contribution is 6.46. The van der Waals surface area contributed by atoms with Gasteiger partial charge in [-0.3, -0.25) is 4.79 Å². The topological polar surface area (TPSA) is 77.3 Å². The zero-order chi connectivity index (χ0) is 30.3. The molecular weight excluding hydrogens is 544 g/mol. The molecule has 1 aliphatic rings. The van der Waals surface area contributed by atoms with E-state index in [2.05, 4.69) is 22.5 Å². The second-order valence-electron chi connectivity index (χ2n) is 10.9. The van der Waals surface area contributed by atoms with Crippen LogP contribution in [0.3, 0.4) is 0 Å². The highest BCUT2D eigenvalue weighted by Crippen LogP contribution is 2.32. The van der Waals surface area contributed by atoms with Gasteiger partial charge in [-0.2, -0.15) is 13.2 Å². The number of alkyl halides is 3. The molecule has 9 heteroatoms. The third-order valence-electron chi connectivity index (χ3n) is 7.19. The SMILES string of the molecule is CCCCc1cccc(N=C(CC(=N)C(F)(F)F)C(=O)Nc2cccc(C(NCC3CC3)c3cc(C)ccc3F)c2)c1. The summed E-state index contributed by atoms with van der Waals surface area (Å²) in [4.78, 5) is 17.6. The standard InChI is InChI=1S/C33H36F4N4O/c1-3-4-7-22-8-5-10-25(17-22)40-29(19-30(38)33(35,36)37)32(42)41-26-11-6-9-24(18-26)31(39-20-23-13-14-23)27-16-21(2)12-15-28(27)34/h5-6,8-12,15-18,23,31,38-39H,3-4,7,13-14,19-20H2,1-2H3,(H,41,42). The number of aryl methyl sites for hydroxylation is 2. The van der Waals surface area contributed by atoms with E-state index >= 15 is 0 Å². The maximum atomic E-state index is 14.9. The lowest BCUT2D eigenvalue weighted by atomic mass is 9.96. The van der Waals surface area contributed by atoms with Crippen molar-refractivity contribution < 1.29 is 22.4 Å². The Bertz CT molecular complexity index is 1450. The lowest BCUT2D eigenvalue weighted by molar-refractivity contribution is -0.110. The van der Waals surface area contributed by atoms with E-state index in [1.807, 2.05) is 19.1 Å². The van der Waals surface area contributed by atoms with Crippen LogP contribution in [0.1, 0.15) is 67.3 Å². The van der Waals surface area contributed by atoms with Gasteiger partial charge < -0.3 is 16.0 Å². The van der Waals surface area contributed by atoms with Gasteiger partial charge in [0.25, 0.3) is 5.91 Å². The number of nitrogens with zero attached hydrogens (tertiary/aromatic N) is 1. The number of hydrogen-bond donors (Lipinski definition) is 3. The van der Waals surface area contributed by atoms with Gasteiger partial charge in [0, 0.05) is 17.7 Å². The molecule has 0 aliphatic heterocycles. The van der Waals surface area contributed by atoms with Gasteiger partial charge in [0.05, 0.1) is 11.7 Å². The van der Waals surface area contributed by atoms with Crippen LogP contribution < -0.4 is 10.6 Å². The van der Waals surface area contributed by atoms with E-state index in [1.165, 1.54) is 6.07 Å². The lowest BCUT2D eigenvalue weighted by Gasteiger charge is -2.22. The molecule has 3 N–H and O–H groups in total. The Morgan fingerprint density at radius 1 is 1.07 bits per heavy atom. The summed E-state index contributed by atoms with van der Waals surface area (Å²) in [5, 5.41) is 13.6. The number of benzene rings is 3. The van der Waals surface area contributed by atoms with Crippen molar-refractivity contribution in [3.05, 3.63) is 94.8 Å². The third-order valence-corrected chi connectivity index (χ3v) is 7.19. The Morgan fingerprint density at radius 2 is 1.83 bits per heavy atom. The molecule has 5 nitrogen and oxygen atoms in total. The van der Waals surface area contributed by atoms with E-state index in [4.69, 9.17) is 5.41 Å². The predicted octanol–water partition coefficient (Wildman–Crippen LogP) is 8.25. The molecule has 4 rings (SSSR count). The molecule has 3 aromatic rings. The van der Waals surface area contributed by atoms with E-state index in [-0.39, 0.29) is 5.82 Å². The maximum absolute atomic E-state index is 14.9. The van der Waals surface area contributed by atoms with Crippen LogP contribution in [-0.4, -0.2) is 30.1 Å². The zero-order valence-corrected chi connectivity index (χ0v) is 23.8. The molecule has 3 aromatic carbocycles. The molecule has 0 saturated heterocycles. The van der Waals surface area contributed by atoms with Gasteiger partial charge >= 0.3 is 6.18 Å². The molecule has 0 spiro atoms. The van der Waals surface area contributed by atoms with Crippen LogP contribution in [-0.2, 0) is 11.2 Å². The lowest BCUT2D eigenvalue weighted by Crippen LogP contribution is -2.31. The normalized spacial score (nSPS) is 14.5. The number of anilines is 1. The summed E-state index contributed by atoms with van der Waals surface area (Å²) in [6.45, 7) is 4.66. The van der Waals surface area contributed by atoms with E-state index in [1.54, 1.807) is 48.5 Å². The fourth-order valence-electron chi connectivity index (χ4n) is 4.65. The molecule has 1 aliphatic carbocycles. The monoisotopic (exact) mass is 580 g/mol. The minimum Gasteiger partial charge on any atom is -0.321 e. The fraction of sp³-hybridized carbons (Fsp3) is 0.364. The van der Waals surface area contributed by atoms with Crippen LogP contribution >= 0.6 is 0 Å². The second-order valence-corrected chi connectivity index (χ2v) is 10.9. The number of unbranched alkanes of at least 4 members (excludes halogenated alkanes) is 1. The first-order valence-electron chi connectivity index (χ1n) is 14.3. The van der Waals surface area contributed by atoms with E-state index in [0.29, 0.717) is 35.0 Å². The summed E-state index contributed by atoms with van der Waals surface area (Å²) < 4.78 is 54.8. The van der Waals surface area contributed by atoms with Crippen LogP contribution in [0.4, 0.5) is 28.9 Å². The van der Waals surface area contributed by atoms with Crippen molar-refractivity contribution >= 4 is 28.7 Å². The zero-order valence-electron chi connectivity index (χ0n) is 23.8. The molecule has 1 atom stereocenters. The van der Waals surface area contributed by atoms with E-state index in [9.17, 15) is 22.4 Å².